The fourth-order valence-corrected chi connectivity index (χ4v) is 2.45. The minimum atomic E-state index is -1.05. The summed E-state index contributed by atoms with van der Waals surface area (Å²) in [5.41, 5.74) is 0.866. The molecule has 1 N–H and O–H groups in total. The Morgan fingerprint density at radius 1 is 1.08 bits per heavy atom. The maximum Gasteiger partial charge on any atom is 0.323 e. The molecule has 1 amide bonds. The van der Waals surface area contributed by atoms with Crippen molar-refractivity contribution in [2.45, 2.75) is 40.0 Å². The van der Waals surface area contributed by atoms with Gasteiger partial charge in [-0.2, -0.15) is 0 Å². The molecule has 0 heterocycles. The topological polar surface area (TPSA) is 76.1 Å². The summed E-state index contributed by atoms with van der Waals surface area (Å²) in [6.07, 6.45) is 0. The van der Waals surface area contributed by atoms with E-state index in [-0.39, 0.29) is 19.0 Å². The molecule has 0 aliphatic heterocycles. The van der Waals surface area contributed by atoms with E-state index in [1.165, 1.54) is 19.1 Å². The van der Waals surface area contributed by atoms with Gasteiger partial charge in [-0.15, -0.1) is 0 Å². The molecule has 0 fully saturated rings. The van der Waals surface area contributed by atoms with Crippen LogP contribution in [0, 0.1) is 5.41 Å². The van der Waals surface area contributed by atoms with Gasteiger partial charge in [0.05, 0.1) is 0 Å². The van der Waals surface area contributed by atoms with Crippen molar-refractivity contribution in [1.82, 2.24) is 4.90 Å². The van der Waals surface area contributed by atoms with E-state index in [4.69, 9.17) is 14.6 Å². The molecular formula is C18H27NO5. The van der Waals surface area contributed by atoms with Crippen molar-refractivity contribution in [2.75, 3.05) is 20.8 Å². The van der Waals surface area contributed by atoms with Gasteiger partial charge < -0.3 is 19.5 Å². The van der Waals surface area contributed by atoms with Crippen molar-refractivity contribution in [1.29, 1.82) is 0 Å². The molecule has 1 rings (SSSR count). The predicted molar refractivity (Wildman–Crippen MR) is 90.3 cm³/mol. The molecular weight excluding hydrogens is 310 g/mol. The van der Waals surface area contributed by atoms with Gasteiger partial charge >= 0.3 is 5.97 Å². The zero-order valence-electron chi connectivity index (χ0n) is 15.3. The number of hydrogen-bond acceptors (Lipinski definition) is 4. The molecule has 0 bridgehead atoms. The first-order chi connectivity index (χ1) is 11.0. The summed E-state index contributed by atoms with van der Waals surface area (Å²) in [7, 11) is 3.07. The third-order valence-corrected chi connectivity index (χ3v) is 3.90. The number of carbonyl (C=O) groups excluding carboxylic acids is 1. The number of aliphatic carboxylic acids is 1. The Morgan fingerprint density at radius 3 is 2.08 bits per heavy atom. The van der Waals surface area contributed by atoms with Crippen molar-refractivity contribution in [3.8, 4) is 0 Å². The number of carboxylic acid groups (broad SMARTS) is 1. The van der Waals surface area contributed by atoms with Crippen LogP contribution < -0.4 is 0 Å². The minimum Gasteiger partial charge on any atom is -0.480 e. The van der Waals surface area contributed by atoms with Crippen LogP contribution in [0.3, 0.4) is 0 Å². The standard InChI is InChI=1S/C18H27NO5/c1-17(2,3)16(22)19(12-15(20)21)11-13-9-7-8-10-14(13)18(4,23-5)24-6/h7-10H,11-12H2,1-6H3,(H,20,21). The summed E-state index contributed by atoms with van der Waals surface area (Å²) in [6, 6.07) is 7.38. The number of hydrogen-bond donors (Lipinski definition) is 1. The van der Waals surface area contributed by atoms with Gasteiger partial charge in [-0.3, -0.25) is 9.59 Å². The van der Waals surface area contributed by atoms with Crippen LogP contribution in [0.15, 0.2) is 24.3 Å². The Bertz CT molecular complexity index is 587. The van der Waals surface area contributed by atoms with Crippen molar-refractivity contribution in [3.63, 3.8) is 0 Å². The van der Waals surface area contributed by atoms with Crippen LogP contribution in [0.5, 0.6) is 0 Å². The summed E-state index contributed by atoms with van der Waals surface area (Å²) in [5.74, 6) is -2.25. The van der Waals surface area contributed by atoms with Gasteiger partial charge in [0.2, 0.25) is 5.91 Å². The van der Waals surface area contributed by atoms with Crippen LogP contribution in [-0.4, -0.2) is 42.6 Å². The average Bonchev–Trinajstić information content (AvgIpc) is 2.52. The highest BCUT2D eigenvalue weighted by Crippen LogP contribution is 2.30. The number of ether oxygens (including phenoxy) is 2. The Labute approximate surface area is 143 Å². The molecule has 0 saturated carbocycles. The third-order valence-electron chi connectivity index (χ3n) is 3.90. The van der Waals surface area contributed by atoms with Gasteiger partial charge in [-0.1, -0.05) is 45.0 Å². The maximum absolute atomic E-state index is 12.6. The Morgan fingerprint density at radius 2 is 1.62 bits per heavy atom. The van der Waals surface area contributed by atoms with Crippen LogP contribution in [0.2, 0.25) is 0 Å². The maximum atomic E-state index is 12.6. The highest BCUT2D eigenvalue weighted by molar-refractivity contribution is 5.85. The highest BCUT2D eigenvalue weighted by Gasteiger charge is 2.32. The van der Waals surface area contributed by atoms with Gasteiger partial charge in [-0.05, 0) is 12.5 Å². The number of nitrogens with zero attached hydrogens (tertiary/aromatic N) is 1. The molecule has 24 heavy (non-hydrogen) atoms. The molecule has 0 aromatic heterocycles. The number of benzene rings is 1. The lowest BCUT2D eigenvalue weighted by Gasteiger charge is -2.32. The second-order valence-corrected chi connectivity index (χ2v) is 6.82. The van der Waals surface area contributed by atoms with Gasteiger partial charge in [0, 0.05) is 31.7 Å². The fraction of sp³-hybridized carbons (Fsp3) is 0.556. The molecule has 0 unspecified atom stereocenters. The number of methoxy groups -OCH3 is 2. The summed E-state index contributed by atoms with van der Waals surface area (Å²) in [5, 5.41) is 9.15. The molecule has 1 aromatic rings. The Kier molecular flexibility index (Phi) is 6.51. The number of carboxylic acids is 1. The molecule has 134 valence electrons. The number of amides is 1. The SMILES string of the molecule is COC(C)(OC)c1ccccc1CN(CC(=O)O)C(=O)C(C)(C)C. The minimum absolute atomic E-state index is 0.168. The zero-order valence-corrected chi connectivity index (χ0v) is 15.3. The van der Waals surface area contributed by atoms with E-state index in [1.54, 1.807) is 27.7 Å². The first-order valence-electron chi connectivity index (χ1n) is 7.75. The second kappa shape index (κ2) is 7.77. The third kappa shape index (κ3) is 4.79. The molecule has 6 heteroatoms. The van der Waals surface area contributed by atoms with E-state index < -0.39 is 17.2 Å². The first-order valence-corrected chi connectivity index (χ1v) is 7.75. The van der Waals surface area contributed by atoms with Crippen molar-refractivity contribution < 1.29 is 24.2 Å². The van der Waals surface area contributed by atoms with Crippen LogP contribution in [-0.2, 0) is 31.4 Å². The Balaban J connectivity index is 3.25. The number of rotatable bonds is 7. The molecule has 0 atom stereocenters. The molecule has 0 saturated heterocycles. The van der Waals surface area contributed by atoms with Gasteiger partial charge in [0.1, 0.15) is 6.54 Å². The summed E-state index contributed by atoms with van der Waals surface area (Å²) < 4.78 is 10.9. The van der Waals surface area contributed by atoms with Gasteiger partial charge in [-0.25, -0.2) is 0 Å². The van der Waals surface area contributed by atoms with Crippen molar-refractivity contribution in [2.24, 2.45) is 5.41 Å². The number of carbonyl (C=O) groups is 2. The van der Waals surface area contributed by atoms with Crippen molar-refractivity contribution in [3.05, 3.63) is 35.4 Å². The van der Waals surface area contributed by atoms with Gasteiger partial charge in [0.15, 0.2) is 5.79 Å². The predicted octanol–water partition coefficient (Wildman–Crippen LogP) is 2.61. The van der Waals surface area contributed by atoms with Gasteiger partial charge in [0.25, 0.3) is 0 Å². The van der Waals surface area contributed by atoms with Crippen LogP contribution in [0.1, 0.15) is 38.8 Å². The molecule has 0 aliphatic carbocycles. The summed E-state index contributed by atoms with van der Waals surface area (Å²) >= 11 is 0. The zero-order chi connectivity index (χ0) is 18.5. The van der Waals surface area contributed by atoms with E-state index in [0.29, 0.717) is 0 Å². The highest BCUT2D eigenvalue weighted by atomic mass is 16.7. The molecule has 6 nitrogen and oxygen atoms in total. The van der Waals surface area contributed by atoms with Crippen LogP contribution >= 0.6 is 0 Å². The van der Waals surface area contributed by atoms with E-state index in [1.807, 2.05) is 24.3 Å². The normalized spacial score (nSPS) is 12.1. The lowest BCUT2D eigenvalue weighted by molar-refractivity contribution is -0.202. The fourth-order valence-electron chi connectivity index (χ4n) is 2.45. The largest absolute Gasteiger partial charge is 0.480 e. The Hall–Kier alpha value is -1.92. The first kappa shape index (κ1) is 20.1. The quantitative estimate of drug-likeness (QED) is 0.774. The lowest BCUT2D eigenvalue weighted by atomic mass is 9.93. The summed E-state index contributed by atoms with van der Waals surface area (Å²) in [4.78, 5) is 25.1. The van der Waals surface area contributed by atoms with E-state index in [9.17, 15) is 9.59 Å². The molecule has 0 aliphatic rings. The second-order valence-electron chi connectivity index (χ2n) is 6.82. The van der Waals surface area contributed by atoms with E-state index in [2.05, 4.69) is 0 Å². The van der Waals surface area contributed by atoms with Crippen LogP contribution in [0.4, 0.5) is 0 Å². The van der Waals surface area contributed by atoms with Crippen molar-refractivity contribution >= 4 is 11.9 Å². The van der Waals surface area contributed by atoms with E-state index in [0.717, 1.165) is 11.1 Å². The van der Waals surface area contributed by atoms with Crippen LogP contribution in [0.25, 0.3) is 0 Å². The average molecular weight is 337 g/mol. The summed E-state index contributed by atoms with van der Waals surface area (Å²) in [6.45, 7) is 6.89. The molecule has 0 spiro atoms. The smallest absolute Gasteiger partial charge is 0.323 e. The molecule has 1 aromatic carbocycles. The monoisotopic (exact) mass is 337 g/mol. The lowest BCUT2D eigenvalue weighted by Crippen LogP contribution is -2.42. The molecule has 0 radical (unpaired) electrons. The van der Waals surface area contributed by atoms with E-state index >= 15 is 0 Å².